The van der Waals surface area contributed by atoms with Crippen LogP contribution in [0.2, 0.25) is 0 Å². The molecule has 0 aromatic heterocycles. The van der Waals surface area contributed by atoms with Crippen LogP contribution >= 0.6 is 0 Å². The molecule has 2 atom stereocenters. The van der Waals surface area contributed by atoms with Gasteiger partial charge in [-0.3, -0.25) is 14.4 Å². The zero-order valence-corrected chi connectivity index (χ0v) is 22.7. The quantitative estimate of drug-likeness (QED) is 0.312. The summed E-state index contributed by atoms with van der Waals surface area (Å²) in [5.74, 6) is -1.81. The summed E-state index contributed by atoms with van der Waals surface area (Å²) in [6.45, 7) is 2.96. The summed E-state index contributed by atoms with van der Waals surface area (Å²) >= 11 is 0. The smallest absolute Gasteiger partial charge is 0.245 e. The van der Waals surface area contributed by atoms with Gasteiger partial charge < -0.3 is 31.8 Å². The van der Waals surface area contributed by atoms with Crippen LogP contribution < -0.4 is 16.4 Å². The number of aliphatic hydroxyl groups is 1. The number of amides is 3. The lowest BCUT2D eigenvalue weighted by Gasteiger charge is -2.43. The van der Waals surface area contributed by atoms with Crippen molar-refractivity contribution >= 4 is 23.4 Å². The number of nitrogens with one attached hydrogen (secondary N) is 3. The van der Waals surface area contributed by atoms with E-state index in [-0.39, 0.29) is 57.0 Å². The molecule has 0 saturated carbocycles. The van der Waals surface area contributed by atoms with Gasteiger partial charge in [-0.15, -0.1) is 0 Å². The van der Waals surface area contributed by atoms with Gasteiger partial charge in [0.25, 0.3) is 0 Å². The fraction of sp³-hybridized carbons (Fsp3) is 0.448. The van der Waals surface area contributed by atoms with Crippen molar-refractivity contribution in [1.82, 2.24) is 15.5 Å². The monoisotopic (exact) mass is 539 g/mol. The van der Waals surface area contributed by atoms with Crippen LogP contribution in [-0.4, -0.2) is 65.2 Å². The molecular weight excluding hydrogens is 501 g/mol. The Morgan fingerprint density at radius 3 is 2.49 bits per heavy atom. The van der Waals surface area contributed by atoms with Crippen molar-refractivity contribution in [3.8, 4) is 0 Å². The highest BCUT2D eigenvalue weighted by atomic mass is 19.1. The van der Waals surface area contributed by atoms with Crippen molar-refractivity contribution in [2.24, 2.45) is 11.1 Å². The number of likely N-dealkylation sites (tertiary alicyclic amines) is 1. The van der Waals surface area contributed by atoms with Crippen LogP contribution in [0.1, 0.15) is 43.4 Å². The number of halogens is 1. The van der Waals surface area contributed by atoms with E-state index in [1.807, 2.05) is 30.3 Å². The molecule has 10 heteroatoms. The Morgan fingerprint density at radius 1 is 1.18 bits per heavy atom. The van der Waals surface area contributed by atoms with Crippen LogP contribution in [0.3, 0.4) is 0 Å². The number of carbonyl (C=O) groups excluding carboxylic acids is 3. The first-order valence-corrected chi connectivity index (χ1v) is 13.0. The number of piperidine rings is 1. The van der Waals surface area contributed by atoms with Crippen LogP contribution in [0.5, 0.6) is 0 Å². The Labute approximate surface area is 228 Å². The van der Waals surface area contributed by atoms with Gasteiger partial charge in [0.2, 0.25) is 17.7 Å². The summed E-state index contributed by atoms with van der Waals surface area (Å²) in [5.41, 5.74) is 5.38. The molecule has 1 fully saturated rings. The second kappa shape index (κ2) is 12.5. The summed E-state index contributed by atoms with van der Waals surface area (Å²) in [4.78, 5) is 41.4. The third-order valence-electron chi connectivity index (χ3n) is 7.18. The van der Waals surface area contributed by atoms with E-state index in [0.29, 0.717) is 11.1 Å². The van der Waals surface area contributed by atoms with Gasteiger partial charge >= 0.3 is 0 Å². The zero-order chi connectivity index (χ0) is 28.8. The molecule has 0 aliphatic carbocycles. The first-order valence-electron chi connectivity index (χ1n) is 13.0. The number of rotatable bonds is 10. The number of hydrogen-bond acceptors (Lipinski definition) is 6. The molecule has 1 heterocycles. The second-order valence-electron chi connectivity index (χ2n) is 10.7. The minimum atomic E-state index is -1.27. The number of hydrogen-bond donors (Lipinski definition) is 5. The van der Waals surface area contributed by atoms with E-state index in [2.05, 4.69) is 10.6 Å². The third-order valence-corrected chi connectivity index (χ3v) is 7.18. The maximum absolute atomic E-state index is 14.5. The highest BCUT2D eigenvalue weighted by molar-refractivity contribution is 6.09. The molecule has 39 heavy (non-hydrogen) atoms. The molecule has 0 bridgehead atoms. The van der Waals surface area contributed by atoms with Crippen LogP contribution in [0, 0.1) is 16.6 Å². The third kappa shape index (κ3) is 7.07. The van der Waals surface area contributed by atoms with Crippen molar-refractivity contribution in [1.29, 1.82) is 5.41 Å². The minimum absolute atomic E-state index is 0.0357. The molecule has 6 N–H and O–H groups in total. The van der Waals surface area contributed by atoms with Crippen molar-refractivity contribution in [3.63, 3.8) is 0 Å². The maximum Gasteiger partial charge on any atom is 0.245 e. The van der Waals surface area contributed by atoms with Crippen molar-refractivity contribution < 1.29 is 23.9 Å². The Bertz CT molecular complexity index is 1200. The van der Waals surface area contributed by atoms with E-state index < -0.39 is 34.6 Å². The molecule has 210 valence electrons. The summed E-state index contributed by atoms with van der Waals surface area (Å²) in [7, 11) is 1.50. The molecule has 3 amide bonds. The van der Waals surface area contributed by atoms with Crippen molar-refractivity contribution in [2.45, 2.75) is 57.7 Å². The summed E-state index contributed by atoms with van der Waals surface area (Å²) in [6.07, 6.45) is 0.631. The van der Waals surface area contributed by atoms with Crippen LogP contribution in [0.15, 0.2) is 48.5 Å². The Morgan fingerprint density at radius 2 is 1.87 bits per heavy atom. The van der Waals surface area contributed by atoms with Gasteiger partial charge in [-0.1, -0.05) is 42.5 Å². The predicted molar refractivity (Wildman–Crippen MR) is 146 cm³/mol. The first-order chi connectivity index (χ1) is 18.4. The molecule has 1 aliphatic heterocycles. The SMILES string of the molecule is CNC(=O)[C@]1(Cc2ccccc2)CN(C(=O)[C@@H](CCc2cc(CO)ccc2F)NC(=O)C(C)(C)N)CCC1=N. The zero-order valence-electron chi connectivity index (χ0n) is 22.7. The molecular formula is C29H38FN5O4. The summed E-state index contributed by atoms with van der Waals surface area (Å²) < 4.78 is 14.5. The number of nitrogens with two attached hydrogens (primary N) is 1. The normalized spacial score (nSPS) is 18.4. The summed E-state index contributed by atoms with van der Waals surface area (Å²) in [5, 5.41) is 23.5. The summed E-state index contributed by atoms with van der Waals surface area (Å²) in [6, 6.07) is 12.6. The predicted octanol–water partition coefficient (Wildman–Crippen LogP) is 1.70. The average Bonchev–Trinajstić information content (AvgIpc) is 2.92. The fourth-order valence-electron chi connectivity index (χ4n) is 4.85. The highest BCUT2D eigenvalue weighted by Gasteiger charge is 2.48. The van der Waals surface area contributed by atoms with E-state index in [1.165, 1.54) is 44.0 Å². The molecule has 9 nitrogen and oxygen atoms in total. The Kier molecular flexibility index (Phi) is 9.58. The molecule has 2 aromatic carbocycles. The lowest BCUT2D eigenvalue weighted by atomic mass is 9.72. The van der Waals surface area contributed by atoms with Gasteiger partial charge in [-0.25, -0.2) is 4.39 Å². The van der Waals surface area contributed by atoms with E-state index in [9.17, 15) is 23.9 Å². The van der Waals surface area contributed by atoms with E-state index in [4.69, 9.17) is 11.1 Å². The van der Waals surface area contributed by atoms with Gasteiger partial charge in [0.05, 0.1) is 12.1 Å². The Hall–Kier alpha value is -3.63. The molecule has 0 unspecified atom stereocenters. The second-order valence-corrected chi connectivity index (χ2v) is 10.7. The van der Waals surface area contributed by atoms with Gasteiger partial charge in [-0.2, -0.15) is 0 Å². The lowest BCUT2D eigenvalue weighted by Crippen LogP contribution is -2.62. The van der Waals surface area contributed by atoms with Crippen LogP contribution in [0.4, 0.5) is 4.39 Å². The van der Waals surface area contributed by atoms with Crippen LogP contribution in [0.25, 0.3) is 0 Å². The molecule has 0 radical (unpaired) electrons. The molecule has 1 saturated heterocycles. The first kappa shape index (κ1) is 29.9. The fourth-order valence-corrected chi connectivity index (χ4v) is 4.85. The topological polar surface area (TPSA) is 149 Å². The molecule has 1 aliphatic rings. The standard InChI is InChI=1S/C29H38FN5O4/c1-28(2,32)26(38)34-23(12-10-21-15-20(17-36)9-11-22(21)30)25(37)35-14-13-24(31)29(18-35,27(39)33-3)16-19-7-5-4-6-8-19/h4-9,11,15,23,31,36H,10,12-14,16-18,32H2,1-3H3,(H,33,39)(H,34,38)/t23-,29-/m1/s1. The number of carbonyl (C=O) groups is 3. The van der Waals surface area contributed by atoms with E-state index in [1.54, 1.807) is 0 Å². The lowest BCUT2D eigenvalue weighted by molar-refractivity contribution is -0.141. The largest absolute Gasteiger partial charge is 0.392 e. The molecule has 3 rings (SSSR count). The number of nitrogens with zero attached hydrogens (tertiary/aromatic N) is 1. The minimum Gasteiger partial charge on any atom is -0.392 e. The van der Waals surface area contributed by atoms with Crippen molar-refractivity contribution in [2.75, 3.05) is 20.1 Å². The number of aliphatic hydroxyl groups excluding tert-OH is 1. The van der Waals surface area contributed by atoms with E-state index >= 15 is 0 Å². The Balaban J connectivity index is 1.90. The van der Waals surface area contributed by atoms with Crippen molar-refractivity contribution in [3.05, 3.63) is 71.0 Å². The van der Waals surface area contributed by atoms with Gasteiger partial charge in [0.1, 0.15) is 17.3 Å². The van der Waals surface area contributed by atoms with E-state index in [0.717, 1.165) is 5.56 Å². The number of aryl methyl sites for hydroxylation is 1. The highest BCUT2D eigenvalue weighted by Crippen LogP contribution is 2.32. The number of benzene rings is 2. The molecule has 0 spiro atoms. The average molecular weight is 540 g/mol. The van der Waals surface area contributed by atoms with Gasteiger partial charge in [-0.05, 0) is 55.9 Å². The van der Waals surface area contributed by atoms with Crippen LogP contribution in [-0.2, 0) is 33.8 Å². The van der Waals surface area contributed by atoms with Gasteiger partial charge in [0, 0.05) is 32.3 Å². The molecule has 2 aromatic rings. The van der Waals surface area contributed by atoms with Gasteiger partial charge in [0.15, 0.2) is 0 Å². The maximum atomic E-state index is 14.5.